The predicted molar refractivity (Wildman–Crippen MR) is 65.7 cm³/mol. The number of hydrogen-bond donors (Lipinski definition) is 1. The molecule has 0 aromatic heterocycles. The van der Waals surface area contributed by atoms with Gasteiger partial charge in [0.25, 0.3) is 0 Å². The molecule has 0 radical (unpaired) electrons. The molecule has 2 atom stereocenters. The Labute approximate surface area is 98.6 Å². The van der Waals surface area contributed by atoms with Gasteiger partial charge < -0.3 is 14.8 Å². The molecule has 1 heterocycles. The lowest BCUT2D eigenvalue weighted by molar-refractivity contribution is 0.134. The summed E-state index contributed by atoms with van der Waals surface area (Å²) in [6, 6.07) is 0.481. The lowest BCUT2D eigenvalue weighted by atomic mass is 10.0. The first kappa shape index (κ1) is 13.6. The largest absolute Gasteiger partial charge is 0.383 e. The summed E-state index contributed by atoms with van der Waals surface area (Å²) < 4.78 is 10.6. The fourth-order valence-corrected chi connectivity index (χ4v) is 2.09. The van der Waals surface area contributed by atoms with Crippen molar-refractivity contribution >= 4 is 0 Å². The van der Waals surface area contributed by atoms with Crippen LogP contribution in [0.25, 0.3) is 0 Å². The van der Waals surface area contributed by atoms with Crippen LogP contribution in [0.15, 0.2) is 12.7 Å². The summed E-state index contributed by atoms with van der Waals surface area (Å²) in [5, 5.41) is 3.31. The maximum Gasteiger partial charge on any atom is 0.0623 e. The molecule has 1 fully saturated rings. The Morgan fingerprint density at radius 3 is 3.00 bits per heavy atom. The molecule has 1 rings (SSSR count). The lowest BCUT2D eigenvalue weighted by Crippen LogP contribution is -2.41. The second-order valence-corrected chi connectivity index (χ2v) is 4.23. The molecule has 0 spiro atoms. The summed E-state index contributed by atoms with van der Waals surface area (Å²) in [6.07, 6.45) is 1.94. The van der Waals surface area contributed by atoms with Crippen molar-refractivity contribution in [2.24, 2.45) is 5.92 Å². The maximum absolute atomic E-state index is 5.50. The van der Waals surface area contributed by atoms with Crippen LogP contribution in [0.1, 0.15) is 0 Å². The van der Waals surface area contributed by atoms with Crippen molar-refractivity contribution in [2.75, 3.05) is 53.6 Å². The van der Waals surface area contributed by atoms with E-state index in [9.17, 15) is 0 Å². The van der Waals surface area contributed by atoms with Gasteiger partial charge in [0, 0.05) is 38.7 Å². The van der Waals surface area contributed by atoms with E-state index in [-0.39, 0.29) is 0 Å². The zero-order chi connectivity index (χ0) is 11.8. The summed E-state index contributed by atoms with van der Waals surface area (Å²) >= 11 is 0. The van der Waals surface area contributed by atoms with Gasteiger partial charge in [-0.2, -0.15) is 0 Å². The highest BCUT2D eigenvalue weighted by Crippen LogP contribution is 2.14. The van der Waals surface area contributed by atoms with E-state index in [1.165, 1.54) is 0 Å². The van der Waals surface area contributed by atoms with E-state index in [0.717, 1.165) is 39.5 Å². The molecular weight excluding hydrogens is 204 g/mol. The number of hydrogen-bond acceptors (Lipinski definition) is 4. The van der Waals surface area contributed by atoms with Crippen LogP contribution >= 0.6 is 0 Å². The molecule has 1 aliphatic heterocycles. The summed E-state index contributed by atoms with van der Waals surface area (Å²) in [4.78, 5) is 2.36. The number of likely N-dealkylation sites (N-methyl/N-ethyl adjacent to an activating group) is 1. The number of ether oxygens (including phenoxy) is 2. The normalized spacial score (nSPS) is 25.2. The molecule has 0 aromatic carbocycles. The Hall–Kier alpha value is -0.420. The van der Waals surface area contributed by atoms with Crippen molar-refractivity contribution in [3.8, 4) is 0 Å². The molecular formula is C12H24N2O2. The Morgan fingerprint density at radius 1 is 1.56 bits per heavy atom. The molecule has 0 aliphatic carbocycles. The first-order chi connectivity index (χ1) is 7.81. The number of methoxy groups -OCH3 is 1. The highest BCUT2D eigenvalue weighted by molar-refractivity contribution is 4.84. The van der Waals surface area contributed by atoms with E-state index in [1.54, 1.807) is 7.11 Å². The van der Waals surface area contributed by atoms with E-state index in [4.69, 9.17) is 9.47 Å². The van der Waals surface area contributed by atoms with Gasteiger partial charge in [0.2, 0.25) is 0 Å². The van der Waals surface area contributed by atoms with E-state index in [1.807, 2.05) is 13.1 Å². The van der Waals surface area contributed by atoms with Gasteiger partial charge in [-0.05, 0) is 7.05 Å². The molecule has 4 nitrogen and oxygen atoms in total. The third-order valence-corrected chi connectivity index (χ3v) is 3.06. The predicted octanol–water partition coefficient (Wildman–Crippen LogP) is 0.355. The molecule has 16 heavy (non-hydrogen) atoms. The standard InChI is InChI=1S/C12H24N2O2/c1-4-5-14(6-7-15-3)8-11-9-16-10-12(11)13-2/h4,11-13H,1,5-10H2,2-3H3. The Bertz CT molecular complexity index is 199. The second kappa shape index (κ2) is 7.79. The molecule has 1 N–H and O–H groups in total. The summed E-state index contributed by atoms with van der Waals surface area (Å²) in [6.45, 7) is 9.15. The zero-order valence-electron chi connectivity index (χ0n) is 10.4. The maximum atomic E-state index is 5.50. The van der Waals surface area contributed by atoms with Gasteiger partial charge in [0.05, 0.1) is 19.8 Å². The van der Waals surface area contributed by atoms with Crippen LogP contribution in [0.4, 0.5) is 0 Å². The number of rotatable bonds is 8. The van der Waals surface area contributed by atoms with E-state index in [2.05, 4.69) is 16.8 Å². The first-order valence-electron chi connectivity index (χ1n) is 5.89. The van der Waals surface area contributed by atoms with Crippen LogP contribution in [-0.4, -0.2) is 64.6 Å². The molecule has 4 heteroatoms. The van der Waals surface area contributed by atoms with Crippen molar-refractivity contribution in [3.05, 3.63) is 12.7 Å². The van der Waals surface area contributed by atoms with Crippen molar-refractivity contribution in [2.45, 2.75) is 6.04 Å². The Balaban J connectivity index is 2.36. The Morgan fingerprint density at radius 2 is 2.38 bits per heavy atom. The zero-order valence-corrected chi connectivity index (χ0v) is 10.4. The fraction of sp³-hybridized carbons (Fsp3) is 0.833. The van der Waals surface area contributed by atoms with Gasteiger partial charge in [-0.3, -0.25) is 4.90 Å². The quantitative estimate of drug-likeness (QED) is 0.608. The average molecular weight is 228 g/mol. The number of nitrogens with zero attached hydrogens (tertiary/aromatic N) is 1. The van der Waals surface area contributed by atoms with Gasteiger partial charge >= 0.3 is 0 Å². The first-order valence-corrected chi connectivity index (χ1v) is 5.89. The molecule has 1 saturated heterocycles. The van der Waals surface area contributed by atoms with E-state index >= 15 is 0 Å². The monoisotopic (exact) mass is 228 g/mol. The average Bonchev–Trinajstić information content (AvgIpc) is 2.73. The molecule has 1 aliphatic rings. The second-order valence-electron chi connectivity index (χ2n) is 4.23. The van der Waals surface area contributed by atoms with Crippen LogP contribution in [0.2, 0.25) is 0 Å². The van der Waals surface area contributed by atoms with Gasteiger partial charge in [-0.1, -0.05) is 6.08 Å². The Kier molecular flexibility index (Phi) is 6.64. The smallest absolute Gasteiger partial charge is 0.0623 e. The van der Waals surface area contributed by atoms with E-state index in [0.29, 0.717) is 12.0 Å². The molecule has 2 unspecified atom stereocenters. The minimum Gasteiger partial charge on any atom is -0.383 e. The highest BCUT2D eigenvalue weighted by atomic mass is 16.5. The van der Waals surface area contributed by atoms with E-state index < -0.39 is 0 Å². The van der Waals surface area contributed by atoms with Gasteiger partial charge in [0.1, 0.15) is 0 Å². The molecule has 94 valence electrons. The highest BCUT2D eigenvalue weighted by Gasteiger charge is 2.28. The topological polar surface area (TPSA) is 33.7 Å². The van der Waals surface area contributed by atoms with Crippen molar-refractivity contribution < 1.29 is 9.47 Å². The van der Waals surface area contributed by atoms with Crippen LogP contribution in [0.3, 0.4) is 0 Å². The molecule has 0 saturated carbocycles. The van der Waals surface area contributed by atoms with Gasteiger partial charge in [0.15, 0.2) is 0 Å². The minimum absolute atomic E-state index is 0.481. The van der Waals surface area contributed by atoms with Crippen molar-refractivity contribution in [1.29, 1.82) is 0 Å². The SMILES string of the molecule is C=CCN(CCOC)CC1COCC1NC. The van der Waals surface area contributed by atoms with Crippen LogP contribution in [0.5, 0.6) is 0 Å². The van der Waals surface area contributed by atoms with Gasteiger partial charge in [-0.25, -0.2) is 0 Å². The minimum atomic E-state index is 0.481. The third-order valence-electron chi connectivity index (χ3n) is 3.06. The fourth-order valence-electron chi connectivity index (χ4n) is 2.09. The van der Waals surface area contributed by atoms with Crippen molar-refractivity contribution in [3.63, 3.8) is 0 Å². The van der Waals surface area contributed by atoms with Crippen LogP contribution in [-0.2, 0) is 9.47 Å². The van der Waals surface area contributed by atoms with Gasteiger partial charge in [-0.15, -0.1) is 6.58 Å². The third kappa shape index (κ3) is 4.22. The molecule has 0 bridgehead atoms. The summed E-state index contributed by atoms with van der Waals surface area (Å²) in [5.74, 6) is 0.571. The van der Waals surface area contributed by atoms with Crippen LogP contribution in [0, 0.1) is 5.92 Å². The lowest BCUT2D eigenvalue weighted by Gasteiger charge is -2.26. The summed E-state index contributed by atoms with van der Waals surface area (Å²) in [5.41, 5.74) is 0. The van der Waals surface area contributed by atoms with Crippen LogP contribution < -0.4 is 5.32 Å². The van der Waals surface area contributed by atoms with Crippen molar-refractivity contribution in [1.82, 2.24) is 10.2 Å². The summed E-state index contributed by atoms with van der Waals surface area (Å²) in [7, 11) is 3.74. The number of nitrogens with one attached hydrogen (secondary N) is 1. The molecule has 0 amide bonds. The molecule has 0 aromatic rings.